The van der Waals surface area contributed by atoms with Gasteiger partial charge in [-0.2, -0.15) is 0 Å². The number of carbonyl (C=O) groups excluding carboxylic acids is 1. The molecular formula is C19H23N3O2. The Kier molecular flexibility index (Phi) is 5.08. The van der Waals surface area contributed by atoms with Crippen LogP contribution < -0.4 is 4.74 Å². The number of methoxy groups -OCH3 is 1. The van der Waals surface area contributed by atoms with Crippen LogP contribution in [-0.2, 0) is 11.2 Å². The van der Waals surface area contributed by atoms with E-state index in [1.807, 2.05) is 36.1 Å². The van der Waals surface area contributed by atoms with Crippen LogP contribution in [0.25, 0.3) is 0 Å². The van der Waals surface area contributed by atoms with Gasteiger partial charge in [-0.25, -0.2) is 9.97 Å². The zero-order valence-electron chi connectivity index (χ0n) is 14.2. The first-order valence-electron chi connectivity index (χ1n) is 8.34. The van der Waals surface area contributed by atoms with E-state index in [2.05, 4.69) is 9.97 Å². The second-order valence-corrected chi connectivity index (χ2v) is 6.31. The molecule has 0 bridgehead atoms. The Labute approximate surface area is 142 Å². The van der Waals surface area contributed by atoms with Crippen molar-refractivity contribution in [3.8, 4) is 5.75 Å². The molecular weight excluding hydrogens is 302 g/mol. The topological polar surface area (TPSA) is 55.3 Å². The molecule has 1 fully saturated rings. The number of carbonyl (C=O) groups is 1. The highest BCUT2D eigenvalue weighted by Crippen LogP contribution is 2.26. The summed E-state index contributed by atoms with van der Waals surface area (Å²) in [7, 11) is 1.64. The van der Waals surface area contributed by atoms with Crippen molar-refractivity contribution >= 4 is 5.91 Å². The van der Waals surface area contributed by atoms with Crippen LogP contribution >= 0.6 is 0 Å². The molecule has 1 atom stereocenters. The second kappa shape index (κ2) is 7.43. The zero-order valence-corrected chi connectivity index (χ0v) is 14.2. The van der Waals surface area contributed by atoms with Crippen LogP contribution in [0.1, 0.15) is 35.6 Å². The number of amides is 1. The highest BCUT2D eigenvalue weighted by atomic mass is 16.5. The van der Waals surface area contributed by atoms with Crippen molar-refractivity contribution in [2.24, 2.45) is 0 Å². The lowest BCUT2D eigenvalue weighted by Gasteiger charge is -2.32. The maximum atomic E-state index is 12.8. The summed E-state index contributed by atoms with van der Waals surface area (Å²) < 4.78 is 5.39. The quantitative estimate of drug-likeness (QED) is 0.867. The summed E-state index contributed by atoms with van der Waals surface area (Å²) in [4.78, 5) is 23.0. The third-order valence-electron chi connectivity index (χ3n) is 4.57. The predicted molar refractivity (Wildman–Crippen MR) is 92.0 cm³/mol. The molecule has 0 spiro atoms. The van der Waals surface area contributed by atoms with Gasteiger partial charge in [0.05, 0.1) is 13.5 Å². The predicted octanol–water partition coefficient (Wildman–Crippen LogP) is 2.74. The molecule has 1 aliphatic rings. The van der Waals surface area contributed by atoms with E-state index in [1.54, 1.807) is 19.6 Å². The molecule has 2 aromatic rings. The van der Waals surface area contributed by atoms with Crippen LogP contribution in [0.15, 0.2) is 36.8 Å². The number of nitrogens with zero attached hydrogens (tertiary/aromatic N) is 3. The van der Waals surface area contributed by atoms with Crippen LogP contribution in [0, 0.1) is 6.92 Å². The zero-order chi connectivity index (χ0) is 16.9. The van der Waals surface area contributed by atoms with Gasteiger partial charge in [-0.3, -0.25) is 4.79 Å². The maximum absolute atomic E-state index is 12.8. The van der Waals surface area contributed by atoms with E-state index < -0.39 is 0 Å². The largest absolute Gasteiger partial charge is 0.496 e. The lowest BCUT2D eigenvalue weighted by Crippen LogP contribution is -2.40. The number of rotatable bonds is 4. The van der Waals surface area contributed by atoms with Crippen molar-refractivity contribution in [1.82, 2.24) is 14.9 Å². The molecule has 1 aromatic heterocycles. The third kappa shape index (κ3) is 3.72. The van der Waals surface area contributed by atoms with Crippen LogP contribution in [0.3, 0.4) is 0 Å². The summed E-state index contributed by atoms with van der Waals surface area (Å²) in [6.45, 7) is 3.57. The molecule has 3 rings (SSSR count). The van der Waals surface area contributed by atoms with Crippen molar-refractivity contribution in [3.05, 3.63) is 53.6 Å². The van der Waals surface area contributed by atoms with Gasteiger partial charge in [-0.15, -0.1) is 0 Å². The Morgan fingerprint density at radius 3 is 3.00 bits per heavy atom. The molecule has 1 aliphatic heterocycles. The molecule has 0 aliphatic carbocycles. The average molecular weight is 325 g/mol. The van der Waals surface area contributed by atoms with Gasteiger partial charge in [0.2, 0.25) is 5.91 Å². The fourth-order valence-corrected chi connectivity index (χ4v) is 3.31. The van der Waals surface area contributed by atoms with Gasteiger partial charge >= 0.3 is 0 Å². The van der Waals surface area contributed by atoms with E-state index >= 15 is 0 Å². The van der Waals surface area contributed by atoms with Gasteiger partial charge in [0.25, 0.3) is 0 Å². The molecule has 0 radical (unpaired) electrons. The van der Waals surface area contributed by atoms with Crippen molar-refractivity contribution in [1.29, 1.82) is 0 Å². The van der Waals surface area contributed by atoms with Crippen molar-refractivity contribution in [2.75, 3.05) is 20.2 Å². The summed E-state index contributed by atoms with van der Waals surface area (Å²) in [6.07, 6.45) is 5.79. The molecule has 24 heavy (non-hydrogen) atoms. The summed E-state index contributed by atoms with van der Waals surface area (Å²) in [5.41, 5.74) is 3.11. The molecule has 2 heterocycles. The fourth-order valence-electron chi connectivity index (χ4n) is 3.31. The minimum absolute atomic E-state index is 0.151. The van der Waals surface area contributed by atoms with Gasteiger partial charge in [-0.05, 0) is 31.9 Å². The van der Waals surface area contributed by atoms with Gasteiger partial charge in [0.1, 0.15) is 12.1 Å². The minimum Gasteiger partial charge on any atom is -0.496 e. The normalized spacial score (nSPS) is 17.6. The van der Waals surface area contributed by atoms with E-state index in [9.17, 15) is 4.79 Å². The number of aromatic nitrogens is 2. The molecule has 1 amide bonds. The van der Waals surface area contributed by atoms with E-state index in [1.165, 1.54) is 0 Å². The number of hydrogen-bond acceptors (Lipinski definition) is 4. The molecule has 126 valence electrons. The van der Waals surface area contributed by atoms with Gasteiger partial charge in [0.15, 0.2) is 0 Å². The van der Waals surface area contributed by atoms with Crippen LogP contribution in [0.2, 0.25) is 0 Å². The first-order valence-corrected chi connectivity index (χ1v) is 8.34. The van der Waals surface area contributed by atoms with Crippen molar-refractivity contribution < 1.29 is 9.53 Å². The molecule has 1 unspecified atom stereocenters. The number of benzene rings is 1. The summed E-state index contributed by atoms with van der Waals surface area (Å²) >= 11 is 0. The number of likely N-dealkylation sites (tertiary alicyclic amines) is 1. The minimum atomic E-state index is 0.151. The van der Waals surface area contributed by atoms with Crippen LogP contribution in [0.5, 0.6) is 5.75 Å². The van der Waals surface area contributed by atoms with Gasteiger partial charge in [0, 0.05) is 36.5 Å². The summed E-state index contributed by atoms with van der Waals surface area (Å²) in [5, 5.41) is 0. The SMILES string of the molecule is COc1ccc(C)cc1CC(=O)N1CCCC(c2ccncn2)C1. The Morgan fingerprint density at radius 2 is 2.25 bits per heavy atom. The van der Waals surface area contributed by atoms with Crippen molar-refractivity contribution in [3.63, 3.8) is 0 Å². The second-order valence-electron chi connectivity index (χ2n) is 6.31. The Bertz CT molecular complexity index is 703. The highest BCUT2D eigenvalue weighted by molar-refractivity contribution is 5.79. The van der Waals surface area contributed by atoms with Gasteiger partial charge in [-0.1, -0.05) is 17.7 Å². The van der Waals surface area contributed by atoms with Crippen LogP contribution in [0.4, 0.5) is 0 Å². The maximum Gasteiger partial charge on any atom is 0.227 e. The number of ether oxygens (including phenoxy) is 1. The smallest absolute Gasteiger partial charge is 0.227 e. The number of aryl methyl sites for hydroxylation is 1. The number of piperidine rings is 1. The molecule has 0 saturated carbocycles. The average Bonchev–Trinajstić information content (AvgIpc) is 2.63. The standard InChI is InChI=1S/C19H23N3O2/c1-14-5-6-18(24-2)16(10-14)11-19(23)22-9-3-4-15(12-22)17-7-8-20-13-21-17/h5-8,10,13,15H,3-4,9,11-12H2,1-2H3. The summed E-state index contributed by atoms with van der Waals surface area (Å²) in [6, 6.07) is 7.90. The van der Waals surface area contributed by atoms with Crippen LogP contribution in [-0.4, -0.2) is 41.0 Å². The lowest BCUT2D eigenvalue weighted by molar-refractivity contribution is -0.131. The van der Waals surface area contributed by atoms with E-state index in [0.717, 1.165) is 48.5 Å². The molecule has 0 N–H and O–H groups in total. The van der Waals surface area contributed by atoms with Gasteiger partial charge < -0.3 is 9.64 Å². The van der Waals surface area contributed by atoms with E-state index in [-0.39, 0.29) is 5.91 Å². The van der Waals surface area contributed by atoms with E-state index in [4.69, 9.17) is 4.74 Å². The molecule has 5 heteroatoms. The molecule has 5 nitrogen and oxygen atoms in total. The number of hydrogen-bond donors (Lipinski definition) is 0. The third-order valence-corrected chi connectivity index (χ3v) is 4.57. The fraction of sp³-hybridized carbons (Fsp3) is 0.421. The molecule has 1 saturated heterocycles. The monoisotopic (exact) mass is 325 g/mol. The summed E-state index contributed by atoms with van der Waals surface area (Å²) in [5.74, 6) is 1.22. The first kappa shape index (κ1) is 16.4. The van der Waals surface area contributed by atoms with E-state index in [0.29, 0.717) is 12.3 Å². The molecule has 1 aromatic carbocycles. The highest BCUT2D eigenvalue weighted by Gasteiger charge is 2.26. The lowest BCUT2D eigenvalue weighted by atomic mass is 9.94. The van der Waals surface area contributed by atoms with Crippen molar-refractivity contribution in [2.45, 2.75) is 32.1 Å². The Hall–Kier alpha value is -2.43. The Balaban J connectivity index is 1.70. The first-order chi connectivity index (χ1) is 11.7. The Morgan fingerprint density at radius 1 is 1.38 bits per heavy atom.